The molecule has 0 unspecified atom stereocenters. The van der Waals surface area contributed by atoms with Crippen molar-refractivity contribution >= 4 is 11.9 Å². The van der Waals surface area contributed by atoms with Gasteiger partial charge in [-0.05, 0) is 12.8 Å². The number of ether oxygens (including phenoxy) is 5. The third-order valence-electron chi connectivity index (χ3n) is 5.34. The number of rotatable bonds is 6. The molecule has 0 aromatic carbocycles. The van der Waals surface area contributed by atoms with E-state index in [0.717, 1.165) is 0 Å². The number of hydrogen-bond donors (Lipinski definition) is 4. The van der Waals surface area contributed by atoms with E-state index in [1.807, 2.05) is 0 Å². The van der Waals surface area contributed by atoms with E-state index in [-0.39, 0.29) is 12.8 Å². The Morgan fingerprint density at radius 1 is 0.893 bits per heavy atom. The highest BCUT2D eigenvalue weighted by atomic mass is 16.7. The molecule has 0 aromatic heterocycles. The quantitative estimate of drug-likeness (QED) is 0.346. The first-order valence-electron chi connectivity index (χ1n) is 8.93. The summed E-state index contributed by atoms with van der Waals surface area (Å²) in [5, 5.41) is 39.2. The fourth-order valence-electron chi connectivity index (χ4n) is 3.70. The van der Waals surface area contributed by atoms with Crippen molar-refractivity contribution in [3.8, 4) is 0 Å². The maximum absolute atomic E-state index is 12.2. The largest absolute Gasteiger partial charge is 0.469 e. The molecular weight excluding hydrogens is 380 g/mol. The average molecular weight is 408 g/mol. The molecule has 2 fully saturated rings. The zero-order valence-corrected chi connectivity index (χ0v) is 16.0. The molecule has 1 heterocycles. The summed E-state index contributed by atoms with van der Waals surface area (Å²) in [4.78, 5) is 24.3. The number of carbonyl (C=O) groups excluding carboxylic acids is 2. The predicted octanol–water partition coefficient (Wildman–Crippen LogP) is -2.44. The number of aliphatic hydroxyl groups excluding tert-OH is 4. The topological polar surface area (TPSA) is 161 Å². The minimum Gasteiger partial charge on any atom is -0.469 e. The van der Waals surface area contributed by atoms with Crippen molar-refractivity contribution in [1.29, 1.82) is 0 Å². The van der Waals surface area contributed by atoms with Crippen LogP contribution in [0.1, 0.15) is 12.8 Å². The standard InChI is InChI=1S/C17H28O11/c1-24-9-4-7(15(22)25-2)8(16(23)26-3)5-10(9)27-17-14(21)13(20)12(19)11(6-18)28-17/h7-14,17-21H,4-6H2,1-3H3/t7-,8-,9-,10-,11+,12+,13-,14-,17-/m0/s1. The Morgan fingerprint density at radius 2 is 1.43 bits per heavy atom. The monoisotopic (exact) mass is 408 g/mol. The van der Waals surface area contributed by atoms with Gasteiger partial charge < -0.3 is 44.1 Å². The van der Waals surface area contributed by atoms with E-state index < -0.39 is 73.3 Å². The molecule has 1 saturated carbocycles. The first-order chi connectivity index (χ1) is 13.3. The Morgan fingerprint density at radius 3 is 1.89 bits per heavy atom. The third kappa shape index (κ3) is 4.62. The molecule has 11 heteroatoms. The van der Waals surface area contributed by atoms with Gasteiger partial charge in [0.2, 0.25) is 0 Å². The van der Waals surface area contributed by atoms with Crippen molar-refractivity contribution in [3.05, 3.63) is 0 Å². The molecule has 0 bridgehead atoms. The second-order valence-corrected chi connectivity index (χ2v) is 6.88. The first-order valence-corrected chi connectivity index (χ1v) is 8.93. The fraction of sp³-hybridized carbons (Fsp3) is 0.882. The van der Waals surface area contributed by atoms with Crippen LogP contribution in [0.25, 0.3) is 0 Å². The van der Waals surface area contributed by atoms with Crippen LogP contribution in [-0.2, 0) is 33.3 Å². The zero-order chi connectivity index (χ0) is 21.0. The van der Waals surface area contributed by atoms with Gasteiger partial charge in [-0.2, -0.15) is 0 Å². The summed E-state index contributed by atoms with van der Waals surface area (Å²) in [6.45, 7) is -0.599. The zero-order valence-electron chi connectivity index (χ0n) is 16.0. The van der Waals surface area contributed by atoms with Gasteiger partial charge in [-0.1, -0.05) is 0 Å². The summed E-state index contributed by atoms with van der Waals surface area (Å²) in [5.74, 6) is -2.85. The van der Waals surface area contributed by atoms with Gasteiger partial charge in [0.05, 0.1) is 44.9 Å². The molecule has 4 N–H and O–H groups in total. The van der Waals surface area contributed by atoms with Crippen LogP contribution in [0.4, 0.5) is 0 Å². The van der Waals surface area contributed by atoms with Gasteiger partial charge in [-0.25, -0.2) is 0 Å². The van der Waals surface area contributed by atoms with E-state index in [4.69, 9.17) is 23.7 Å². The van der Waals surface area contributed by atoms with Gasteiger partial charge in [0.1, 0.15) is 24.4 Å². The van der Waals surface area contributed by atoms with E-state index >= 15 is 0 Å². The summed E-state index contributed by atoms with van der Waals surface area (Å²) >= 11 is 0. The van der Waals surface area contributed by atoms with E-state index in [2.05, 4.69) is 0 Å². The molecule has 11 nitrogen and oxygen atoms in total. The predicted molar refractivity (Wildman–Crippen MR) is 89.7 cm³/mol. The van der Waals surface area contributed by atoms with Crippen molar-refractivity contribution in [3.63, 3.8) is 0 Å². The summed E-state index contributed by atoms with van der Waals surface area (Å²) in [7, 11) is 3.82. The Bertz CT molecular complexity index is 539. The molecule has 0 aromatic rings. The minimum absolute atomic E-state index is 0.0139. The fourth-order valence-corrected chi connectivity index (χ4v) is 3.70. The summed E-state index contributed by atoms with van der Waals surface area (Å²) in [6, 6.07) is 0. The number of aliphatic hydroxyl groups is 4. The molecule has 0 amide bonds. The lowest BCUT2D eigenvalue weighted by molar-refractivity contribution is -0.321. The maximum atomic E-state index is 12.2. The summed E-state index contributed by atoms with van der Waals surface area (Å²) in [6.07, 6.45) is -8.54. The molecule has 0 radical (unpaired) electrons. The second kappa shape index (κ2) is 9.92. The van der Waals surface area contributed by atoms with Crippen LogP contribution in [0.15, 0.2) is 0 Å². The lowest BCUT2D eigenvalue weighted by Crippen LogP contribution is -2.60. The van der Waals surface area contributed by atoms with Gasteiger partial charge in [-0.15, -0.1) is 0 Å². The van der Waals surface area contributed by atoms with Crippen molar-refractivity contribution in [2.75, 3.05) is 27.9 Å². The molecule has 1 saturated heterocycles. The van der Waals surface area contributed by atoms with Crippen LogP contribution in [0, 0.1) is 11.8 Å². The van der Waals surface area contributed by atoms with Crippen molar-refractivity contribution < 1.29 is 53.7 Å². The van der Waals surface area contributed by atoms with Crippen LogP contribution in [0.2, 0.25) is 0 Å². The van der Waals surface area contributed by atoms with Crippen LogP contribution in [-0.4, -0.2) is 103 Å². The van der Waals surface area contributed by atoms with Gasteiger partial charge in [-0.3, -0.25) is 9.59 Å². The second-order valence-electron chi connectivity index (χ2n) is 6.88. The molecule has 162 valence electrons. The van der Waals surface area contributed by atoms with Gasteiger partial charge in [0.15, 0.2) is 6.29 Å². The normalized spacial score (nSPS) is 41.3. The van der Waals surface area contributed by atoms with E-state index in [0.29, 0.717) is 0 Å². The van der Waals surface area contributed by atoms with E-state index in [1.165, 1.54) is 21.3 Å². The summed E-state index contributed by atoms with van der Waals surface area (Å²) < 4.78 is 26.0. The van der Waals surface area contributed by atoms with Crippen LogP contribution in [0.3, 0.4) is 0 Å². The summed E-state index contributed by atoms with van der Waals surface area (Å²) in [5.41, 5.74) is 0. The highest BCUT2D eigenvalue weighted by molar-refractivity contribution is 5.82. The highest BCUT2D eigenvalue weighted by Crippen LogP contribution is 2.37. The Labute approximate surface area is 162 Å². The average Bonchev–Trinajstić information content (AvgIpc) is 2.72. The number of hydrogen-bond acceptors (Lipinski definition) is 11. The molecular formula is C17H28O11. The molecule has 0 spiro atoms. The van der Waals surface area contributed by atoms with Gasteiger partial charge in [0.25, 0.3) is 0 Å². The highest BCUT2D eigenvalue weighted by Gasteiger charge is 2.49. The lowest BCUT2D eigenvalue weighted by Gasteiger charge is -2.44. The third-order valence-corrected chi connectivity index (χ3v) is 5.34. The van der Waals surface area contributed by atoms with Crippen molar-refractivity contribution in [2.45, 2.75) is 55.8 Å². The number of methoxy groups -OCH3 is 3. The molecule has 1 aliphatic heterocycles. The Kier molecular flexibility index (Phi) is 8.13. The molecule has 2 rings (SSSR count). The van der Waals surface area contributed by atoms with Crippen LogP contribution < -0.4 is 0 Å². The first kappa shape index (κ1) is 22.9. The van der Waals surface area contributed by atoms with Gasteiger partial charge in [0, 0.05) is 7.11 Å². The SMILES string of the molecule is COC(=O)[C@H]1C[C@H](OC)[C@@H](O[C@H]2O[C@H](CO)[C@@H](O)[C@H](O)[C@@H]2O)C[C@@H]1C(=O)OC. The smallest absolute Gasteiger partial charge is 0.309 e. The Balaban J connectivity index is 2.19. The van der Waals surface area contributed by atoms with E-state index in [9.17, 15) is 30.0 Å². The lowest BCUT2D eigenvalue weighted by atomic mass is 9.76. The van der Waals surface area contributed by atoms with E-state index in [1.54, 1.807) is 0 Å². The van der Waals surface area contributed by atoms with Gasteiger partial charge >= 0.3 is 11.9 Å². The maximum Gasteiger partial charge on any atom is 0.309 e. The minimum atomic E-state index is -1.60. The molecule has 1 aliphatic carbocycles. The van der Waals surface area contributed by atoms with Crippen LogP contribution in [0.5, 0.6) is 0 Å². The molecule has 2 aliphatic rings. The number of esters is 2. The molecule has 9 atom stereocenters. The van der Waals surface area contributed by atoms with Crippen molar-refractivity contribution in [2.24, 2.45) is 11.8 Å². The number of carbonyl (C=O) groups is 2. The molecule has 28 heavy (non-hydrogen) atoms. The van der Waals surface area contributed by atoms with Crippen LogP contribution >= 0.6 is 0 Å². The van der Waals surface area contributed by atoms with Crippen molar-refractivity contribution in [1.82, 2.24) is 0 Å². The Hall–Kier alpha value is -1.34.